The van der Waals surface area contributed by atoms with Crippen LogP contribution >= 0.6 is 11.6 Å². The highest BCUT2D eigenvalue weighted by Crippen LogP contribution is 2.26. The SMILES string of the molecule is COC(=O)C(NC(=O)c1c(Cl)cccc1[N+](=O)[O-])C(C)C. The minimum Gasteiger partial charge on any atom is -0.467 e. The van der Waals surface area contributed by atoms with Gasteiger partial charge in [-0.3, -0.25) is 14.9 Å². The van der Waals surface area contributed by atoms with Crippen LogP contribution in [-0.2, 0) is 9.53 Å². The second-order valence-corrected chi connectivity index (χ2v) is 5.02. The van der Waals surface area contributed by atoms with Crippen LogP contribution in [0.3, 0.4) is 0 Å². The van der Waals surface area contributed by atoms with Gasteiger partial charge in [0.15, 0.2) is 0 Å². The Balaban J connectivity index is 3.14. The summed E-state index contributed by atoms with van der Waals surface area (Å²) in [4.78, 5) is 34.1. The molecule has 0 aliphatic rings. The van der Waals surface area contributed by atoms with Gasteiger partial charge in [-0.2, -0.15) is 0 Å². The number of nitro benzene ring substituents is 1. The molecule has 7 nitrogen and oxygen atoms in total. The summed E-state index contributed by atoms with van der Waals surface area (Å²) in [5.74, 6) is -1.67. The van der Waals surface area contributed by atoms with Crippen LogP contribution in [0, 0.1) is 16.0 Å². The number of carbonyl (C=O) groups is 2. The number of hydrogen-bond acceptors (Lipinski definition) is 5. The van der Waals surface area contributed by atoms with E-state index in [1.54, 1.807) is 13.8 Å². The molecule has 1 aromatic rings. The molecule has 1 rings (SSSR count). The number of ether oxygens (including phenoxy) is 1. The van der Waals surface area contributed by atoms with Gasteiger partial charge in [0.2, 0.25) is 0 Å². The molecule has 0 saturated heterocycles. The molecule has 1 unspecified atom stereocenters. The standard InChI is InChI=1S/C13H15ClN2O5/c1-7(2)11(13(18)21-3)15-12(17)10-8(14)5-4-6-9(10)16(19)20/h4-7,11H,1-3H3,(H,15,17). The highest BCUT2D eigenvalue weighted by molar-refractivity contribution is 6.34. The molecule has 0 bridgehead atoms. The summed E-state index contributed by atoms with van der Waals surface area (Å²) in [6.45, 7) is 3.42. The van der Waals surface area contributed by atoms with Crippen LogP contribution in [0.2, 0.25) is 5.02 Å². The molecule has 114 valence electrons. The fraction of sp³-hybridized carbons (Fsp3) is 0.385. The smallest absolute Gasteiger partial charge is 0.328 e. The third-order valence-electron chi connectivity index (χ3n) is 2.82. The lowest BCUT2D eigenvalue weighted by Gasteiger charge is -2.20. The van der Waals surface area contributed by atoms with Gasteiger partial charge >= 0.3 is 5.97 Å². The Kier molecular flexibility index (Phi) is 5.66. The van der Waals surface area contributed by atoms with E-state index in [2.05, 4.69) is 10.1 Å². The number of benzene rings is 1. The second-order valence-electron chi connectivity index (χ2n) is 4.61. The molecule has 0 aliphatic heterocycles. The van der Waals surface area contributed by atoms with Crippen molar-refractivity contribution in [1.82, 2.24) is 5.32 Å². The molecule has 0 aliphatic carbocycles. The molecule has 8 heteroatoms. The number of methoxy groups -OCH3 is 1. The molecule has 1 aromatic carbocycles. The molecule has 0 spiro atoms. The van der Waals surface area contributed by atoms with Crippen molar-refractivity contribution in [2.75, 3.05) is 7.11 Å². The van der Waals surface area contributed by atoms with Crippen LogP contribution < -0.4 is 5.32 Å². The van der Waals surface area contributed by atoms with Gasteiger partial charge in [0.05, 0.1) is 17.1 Å². The summed E-state index contributed by atoms with van der Waals surface area (Å²) < 4.78 is 4.60. The highest BCUT2D eigenvalue weighted by atomic mass is 35.5. The molecule has 21 heavy (non-hydrogen) atoms. The molecule has 1 atom stereocenters. The van der Waals surface area contributed by atoms with Crippen molar-refractivity contribution in [3.63, 3.8) is 0 Å². The summed E-state index contributed by atoms with van der Waals surface area (Å²) >= 11 is 5.86. The lowest BCUT2D eigenvalue weighted by atomic mass is 10.0. The van der Waals surface area contributed by atoms with Gasteiger partial charge < -0.3 is 10.1 Å². The van der Waals surface area contributed by atoms with Gasteiger partial charge in [0.25, 0.3) is 11.6 Å². The first-order valence-electron chi connectivity index (χ1n) is 6.11. The van der Waals surface area contributed by atoms with E-state index in [0.717, 1.165) is 0 Å². The van der Waals surface area contributed by atoms with Gasteiger partial charge in [-0.05, 0) is 12.0 Å². The number of halogens is 1. The van der Waals surface area contributed by atoms with Crippen LogP contribution in [0.5, 0.6) is 0 Å². The van der Waals surface area contributed by atoms with Gasteiger partial charge in [-0.1, -0.05) is 31.5 Å². The second kappa shape index (κ2) is 7.03. The molecule has 0 aromatic heterocycles. The van der Waals surface area contributed by atoms with E-state index in [-0.39, 0.29) is 16.5 Å². The lowest BCUT2D eigenvalue weighted by molar-refractivity contribution is -0.385. The molecular weight excluding hydrogens is 300 g/mol. The minimum atomic E-state index is -0.918. The zero-order valence-corrected chi connectivity index (χ0v) is 12.5. The highest BCUT2D eigenvalue weighted by Gasteiger charge is 2.29. The average Bonchev–Trinajstić information content (AvgIpc) is 2.42. The van der Waals surface area contributed by atoms with E-state index < -0.39 is 28.5 Å². The first-order chi connectivity index (χ1) is 9.79. The van der Waals surface area contributed by atoms with E-state index in [1.807, 2.05) is 0 Å². The quantitative estimate of drug-likeness (QED) is 0.510. The number of amides is 1. The van der Waals surface area contributed by atoms with Crippen LogP contribution in [0.4, 0.5) is 5.69 Å². The predicted octanol–water partition coefficient (Wildman–Crippen LogP) is 2.18. The molecule has 0 heterocycles. The number of esters is 1. The van der Waals surface area contributed by atoms with Crippen molar-refractivity contribution in [3.05, 3.63) is 38.9 Å². The Labute approximate surface area is 126 Å². The molecule has 0 fully saturated rings. The number of nitrogens with zero attached hydrogens (tertiary/aromatic N) is 1. The van der Waals surface area contributed by atoms with E-state index in [1.165, 1.54) is 25.3 Å². The predicted molar refractivity (Wildman–Crippen MR) is 76.2 cm³/mol. The number of carbonyl (C=O) groups excluding carboxylic acids is 2. The zero-order valence-electron chi connectivity index (χ0n) is 11.8. The maximum Gasteiger partial charge on any atom is 0.328 e. The largest absolute Gasteiger partial charge is 0.467 e. The van der Waals surface area contributed by atoms with Crippen LogP contribution in [-0.4, -0.2) is 30.0 Å². The lowest BCUT2D eigenvalue weighted by Crippen LogP contribution is -2.45. The van der Waals surface area contributed by atoms with Crippen LogP contribution in [0.25, 0.3) is 0 Å². The Morgan fingerprint density at radius 1 is 1.38 bits per heavy atom. The summed E-state index contributed by atoms with van der Waals surface area (Å²) in [5.41, 5.74) is -0.703. The minimum absolute atomic E-state index is 0.0610. The molecule has 1 amide bonds. The van der Waals surface area contributed by atoms with Gasteiger partial charge in [0, 0.05) is 6.07 Å². The first-order valence-corrected chi connectivity index (χ1v) is 6.49. The van der Waals surface area contributed by atoms with Crippen molar-refractivity contribution in [3.8, 4) is 0 Å². The number of rotatable bonds is 5. The van der Waals surface area contributed by atoms with Crippen LogP contribution in [0.1, 0.15) is 24.2 Å². The summed E-state index contributed by atoms with van der Waals surface area (Å²) in [6, 6.07) is 2.99. The third kappa shape index (κ3) is 3.91. The molecule has 0 saturated carbocycles. The van der Waals surface area contributed by atoms with Gasteiger partial charge in [-0.25, -0.2) is 4.79 Å². The third-order valence-corrected chi connectivity index (χ3v) is 3.14. The van der Waals surface area contributed by atoms with E-state index >= 15 is 0 Å². The normalized spacial score (nSPS) is 11.9. The summed E-state index contributed by atoms with van der Waals surface area (Å²) in [7, 11) is 1.20. The number of hydrogen-bond donors (Lipinski definition) is 1. The van der Waals surface area contributed by atoms with E-state index in [9.17, 15) is 19.7 Å². The Hall–Kier alpha value is -2.15. The fourth-order valence-corrected chi connectivity index (χ4v) is 1.98. The topological polar surface area (TPSA) is 98.5 Å². The van der Waals surface area contributed by atoms with Crippen molar-refractivity contribution in [2.45, 2.75) is 19.9 Å². The summed E-state index contributed by atoms with van der Waals surface area (Å²) in [5, 5.41) is 13.3. The maximum absolute atomic E-state index is 12.2. The average molecular weight is 315 g/mol. The van der Waals surface area contributed by atoms with Crippen molar-refractivity contribution < 1.29 is 19.2 Å². The molecule has 1 N–H and O–H groups in total. The van der Waals surface area contributed by atoms with Crippen LogP contribution in [0.15, 0.2) is 18.2 Å². The van der Waals surface area contributed by atoms with E-state index in [0.29, 0.717) is 0 Å². The molecular formula is C13H15ClN2O5. The monoisotopic (exact) mass is 314 g/mol. The Morgan fingerprint density at radius 3 is 2.48 bits per heavy atom. The van der Waals surface area contributed by atoms with Crippen molar-refractivity contribution in [1.29, 1.82) is 0 Å². The van der Waals surface area contributed by atoms with Gasteiger partial charge in [-0.15, -0.1) is 0 Å². The fourth-order valence-electron chi connectivity index (χ4n) is 1.73. The zero-order chi connectivity index (χ0) is 16.2. The first kappa shape index (κ1) is 16.9. The molecule has 0 radical (unpaired) electrons. The van der Waals surface area contributed by atoms with Gasteiger partial charge in [0.1, 0.15) is 11.6 Å². The summed E-state index contributed by atoms with van der Waals surface area (Å²) in [6.07, 6.45) is 0. The van der Waals surface area contributed by atoms with Crippen molar-refractivity contribution in [2.24, 2.45) is 5.92 Å². The number of nitro groups is 1. The Bertz CT molecular complexity index is 574. The van der Waals surface area contributed by atoms with Crippen molar-refractivity contribution >= 4 is 29.2 Å². The maximum atomic E-state index is 12.2. The number of nitrogens with one attached hydrogen (secondary N) is 1. The van der Waals surface area contributed by atoms with E-state index in [4.69, 9.17) is 11.6 Å². The Morgan fingerprint density at radius 2 is 2.00 bits per heavy atom.